The van der Waals surface area contributed by atoms with Crippen LogP contribution in [0.15, 0.2) is 30.6 Å². The molecule has 3 aromatic heterocycles. The molecule has 8 heteroatoms. The van der Waals surface area contributed by atoms with Crippen LogP contribution in [-0.2, 0) is 6.42 Å². The minimum Gasteiger partial charge on any atom is -0.355 e. The predicted molar refractivity (Wildman–Crippen MR) is 124 cm³/mol. The first-order valence-corrected chi connectivity index (χ1v) is 11.7. The molecule has 5 rings (SSSR count). The van der Waals surface area contributed by atoms with Gasteiger partial charge < -0.3 is 15.5 Å². The van der Waals surface area contributed by atoms with E-state index < -0.39 is 0 Å². The van der Waals surface area contributed by atoms with E-state index in [4.69, 9.17) is 15.8 Å². The van der Waals surface area contributed by atoms with Crippen molar-refractivity contribution in [2.45, 2.75) is 58.0 Å². The minimum absolute atomic E-state index is 0.0229. The number of piperidine rings is 1. The number of likely N-dealkylation sites (tertiary alicyclic amines) is 1. The van der Waals surface area contributed by atoms with Crippen molar-refractivity contribution in [2.24, 2.45) is 5.73 Å². The molecule has 3 aromatic rings. The minimum atomic E-state index is -0.0606. The molecule has 2 fully saturated rings. The number of rotatable bonds is 4. The molecule has 2 saturated heterocycles. The quantitative estimate of drug-likeness (QED) is 0.680. The van der Waals surface area contributed by atoms with Crippen molar-refractivity contribution in [1.29, 1.82) is 0 Å². The lowest BCUT2D eigenvalue weighted by atomic mass is 9.99. The van der Waals surface area contributed by atoms with Gasteiger partial charge in [0, 0.05) is 49.7 Å². The molecule has 0 radical (unpaired) electrons. The van der Waals surface area contributed by atoms with Gasteiger partial charge in [0.25, 0.3) is 5.91 Å². The molecule has 2 unspecified atom stereocenters. The van der Waals surface area contributed by atoms with Gasteiger partial charge in [-0.15, -0.1) is 0 Å². The Kier molecular flexibility index (Phi) is 5.55. The SMILES string of the molecule is CCc1ccc(C(=O)N2CCCCC2c2cc3nc(N4CCC(N)C4)c(C)cn3n2)nc1. The third kappa shape index (κ3) is 3.83. The number of hydrogen-bond donors (Lipinski definition) is 1. The summed E-state index contributed by atoms with van der Waals surface area (Å²) < 4.78 is 1.84. The maximum atomic E-state index is 13.3. The molecular formula is C24H31N7O. The summed E-state index contributed by atoms with van der Waals surface area (Å²) in [6, 6.07) is 6.00. The van der Waals surface area contributed by atoms with E-state index in [1.807, 2.05) is 33.8 Å². The van der Waals surface area contributed by atoms with Gasteiger partial charge in [-0.3, -0.25) is 9.78 Å². The lowest BCUT2D eigenvalue weighted by molar-refractivity contribution is 0.0599. The number of amides is 1. The highest BCUT2D eigenvalue weighted by Gasteiger charge is 2.31. The van der Waals surface area contributed by atoms with Gasteiger partial charge in [0.1, 0.15) is 11.5 Å². The topological polar surface area (TPSA) is 92.7 Å². The highest BCUT2D eigenvalue weighted by atomic mass is 16.2. The van der Waals surface area contributed by atoms with Gasteiger partial charge in [-0.05, 0) is 50.7 Å². The highest BCUT2D eigenvalue weighted by molar-refractivity contribution is 5.92. The molecular weight excluding hydrogens is 402 g/mol. The molecule has 1 amide bonds. The number of pyridine rings is 1. The van der Waals surface area contributed by atoms with Gasteiger partial charge >= 0.3 is 0 Å². The van der Waals surface area contributed by atoms with E-state index >= 15 is 0 Å². The first-order chi connectivity index (χ1) is 15.5. The van der Waals surface area contributed by atoms with Crippen LogP contribution in [0.5, 0.6) is 0 Å². The van der Waals surface area contributed by atoms with Crippen LogP contribution in [0.1, 0.15) is 66.0 Å². The van der Waals surface area contributed by atoms with Crippen LogP contribution >= 0.6 is 0 Å². The number of hydrogen-bond acceptors (Lipinski definition) is 6. The first kappa shape index (κ1) is 20.9. The Bertz CT molecular complexity index is 1120. The van der Waals surface area contributed by atoms with Crippen LogP contribution in [0.25, 0.3) is 5.65 Å². The summed E-state index contributed by atoms with van der Waals surface area (Å²) in [6.07, 6.45) is 8.71. The van der Waals surface area contributed by atoms with Crippen molar-refractivity contribution in [2.75, 3.05) is 24.5 Å². The molecule has 2 N–H and O–H groups in total. The number of carbonyl (C=O) groups is 1. The van der Waals surface area contributed by atoms with Crippen LogP contribution in [-0.4, -0.2) is 56.1 Å². The molecule has 32 heavy (non-hydrogen) atoms. The van der Waals surface area contributed by atoms with Crippen molar-refractivity contribution in [1.82, 2.24) is 24.5 Å². The van der Waals surface area contributed by atoms with E-state index in [2.05, 4.69) is 23.7 Å². The van der Waals surface area contributed by atoms with Crippen molar-refractivity contribution in [3.63, 3.8) is 0 Å². The molecule has 0 aliphatic carbocycles. The Hall–Kier alpha value is -3.00. The summed E-state index contributed by atoms with van der Waals surface area (Å²) in [5, 5.41) is 4.83. The fraction of sp³-hybridized carbons (Fsp3) is 0.500. The highest BCUT2D eigenvalue weighted by Crippen LogP contribution is 2.32. The maximum Gasteiger partial charge on any atom is 0.273 e. The zero-order valence-electron chi connectivity index (χ0n) is 18.9. The summed E-state index contributed by atoms with van der Waals surface area (Å²) >= 11 is 0. The number of aryl methyl sites for hydroxylation is 2. The standard InChI is InChI=1S/C24H31N7O/c1-3-17-7-8-19(26-13-17)24(32)30-10-5-4-6-21(30)20-12-22-27-23(16(2)14-31(22)28-20)29-11-9-18(25)15-29/h7-8,12-14,18,21H,3-6,9-11,15,25H2,1-2H3. The van der Waals surface area contributed by atoms with E-state index in [0.29, 0.717) is 5.69 Å². The van der Waals surface area contributed by atoms with Crippen molar-refractivity contribution >= 4 is 17.4 Å². The van der Waals surface area contributed by atoms with Crippen LogP contribution in [0.4, 0.5) is 5.82 Å². The van der Waals surface area contributed by atoms with E-state index in [-0.39, 0.29) is 18.0 Å². The summed E-state index contributed by atoms with van der Waals surface area (Å²) in [4.78, 5) is 26.8. The number of nitrogens with two attached hydrogens (primary N) is 1. The van der Waals surface area contributed by atoms with E-state index in [1.165, 1.54) is 0 Å². The number of carbonyl (C=O) groups excluding carboxylic acids is 1. The Morgan fingerprint density at radius 3 is 2.81 bits per heavy atom. The van der Waals surface area contributed by atoms with Crippen molar-refractivity contribution in [3.05, 3.63) is 53.1 Å². The van der Waals surface area contributed by atoms with E-state index in [9.17, 15) is 4.79 Å². The fourth-order valence-corrected chi connectivity index (χ4v) is 4.87. The molecule has 0 aromatic carbocycles. The Balaban J connectivity index is 1.44. The normalized spacial score (nSPS) is 21.5. The molecule has 2 aliphatic rings. The zero-order chi connectivity index (χ0) is 22.2. The Morgan fingerprint density at radius 1 is 1.22 bits per heavy atom. The lowest BCUT2D eigenvalue weighted by Gasteiger charge is -2.34. The zero-order valence-corrected chi connectivity index (χ0v) is 18.9. The third-order valence-electron chi connectivity index (χ3n) is 6.71. The second-order valence-corrected chi connectivity index (χ2v) is 9.03. The van der Waals surface area contributed by atoms with Crippen molar-refractivity contribution < 1.29 is 4.79 Å². The predicted octanol–water partition coefficient (Wildman–Crippen LogP) is 2.90. The number of fused-ring (bicyclic) bond motifs is 1. The second-order valence-electron chi connectivity index (χ2n) is 9.03. The van der Waals surface area contributed by atoms with E-state index in [0.717, 1.165) is 80.0 Å². The number of aromatic nitrogens is 4. The van der Waals surface area contributed by atoms with E-state index in [1.54, 1.807) is 6.20 Å². The summed E-state index contributed by atoms with van der Waals surface area (Å²) in [5.41, 5.74) is 10.5. The smallest absolute Gasteiger partial charge is 0.273 e. The maximum absolute atomic E-state index is 13.3. The third-order valence-corrected chi connectivity index (χ3v) is 6.71. The molecule has 2 atom stereocenters. The fourth-order valence-electron chi connectivity index (χ4n) is 4.87. The van der Waals surface area contributed by atoms with Gasteiger partial charge in [-0.1, -0.05) is 13.0 Å². The summed E-state index contributed by atoms with van der Waals surface area (Å²) in [6.45, 7) is 6.63. The molecule has 0 bridgehead atoms. The Labute approximate surface area is 188 Å². The number of anilines is 1. The molecule has 2 aliphatic heterocycles. The lowest BCUT2D eigenvalue weighted by Crippen LogP contribution is -2.39. The van der Waals surface area contributed by atoms with Gasteiger partial charge in [-0.2, -0.15) is 5.10 Å². The van der Waals surface area contributed by atoms with Crippen LogP contribution < -0.4 is 10.6 Å². The Morgan fingerprint density at radius 2 is 2.09 bits per heavy atom. The van der Waals surface area contributed by atoms with Gasteiger partial charge in [-0.25, -0.2) is 9.50 Å². The first-order valence-electron chi connectivity index (χ1n) is 11.7. The average molecular weight is 434 g/mol. The monoisotopic (exact) mass is 433 g/mol. The van der Waals surface area contributed by atoms with Gasteiger partial charge in [0.15, 0.2) is 5.65 Å². The van der Waals surface area contributed by atoms with Crippen LogP contribution in [0.3, 0.4) is 0 Å². The largest absolute Gasteiger partial charge is 0.355 e. The molecule has 0 saturated carbocycles. The molecule has 168 valence electrons. The average Bonchev–Trinajstić information content (AvgIpc) is 3.43. The number of nitrogens with zero attached hydrogens (tertiary/aromatic N) is 6. The summed E-state index contributed by atoms with van der Waals surface area (Å²) in [5.74, 6) is 0.957. The second kappa shape index (κ2) is 8.50. The van der Waals surface area contributed by atoms with Gasteiger partial charge in [0.05, 0.1) is 11.7 Å². The summed E-state index contributed by atoms with van der Waals surface area (Å²) in [7, 11) is 0. The molecule has 0 spiro atoms. The van der Waals surface area contributed by atoms with Crippen LogP contribution in [0, 0.1) is 6.92 Å². The van der Waals surface area contributed by atoms with Crippen molar-refractivity contribution in [3.8, 4) is 0 Å². The molecule has 5 heterocycles. The van der Waals surface area contributed by atoms with Gasteiger partial charge in [0.2, 0.25) is 0 Å². The molecule has 8 nitrogen and oxygen atoms in total. The van der Waals surface area contributed by atoms with Crippen LogP contribution in [0.2, 0.25) is 0 Å².